The fraction of sp³-hybridized carbons (Fsp3) is 0.929. The quantitative estimate of drug-likeness (QED) is 0.0320. The molecule has 2 unspecified atom stereocenters. The molecular weight excluding hydrogens is 1110 g/mol. The third kappa shape index (κ3) is 77.2. The van der Waals surface area contributed by atoms with E-state index in [0.717, 1.165) is 38.5 Å². The number of hydrogen-bond acceptors (Lipinski definition) is 5. The minimum atomic E-state index is -0.843. The number of nitrogens with one attached hydrogen (secondary N) is 1. The van der Waals surface area contributed by atoms with Crippen LogP contribution in [0.3, 0.4) is 0 Å². The molecule has 3 N–H and O–H groups in total. The highest BCUT2D eigenvalue weighted by Gasteiger charge is 2.18. The molecule has 6 nitrogen and oxygen atoms in total. The molecule has 0 aliphatic rings. The van der Waals surface area contributed by atoms with Gasteiger partial charge in [0.25, 0.3) is 0 Å². The summed E-state index contributed by atoms with van der Waals surface area (Å²) in [5, 5.41) is 23.3. The zero-order valence-corrected chi connectivity index (χ0v) is 62.1. The van der Waals surface area contributed by atoms with Gasteiger partial charge in [0.1, 0.15) is 0 Å². The van der Waals surface area contributed by atoms with Crippen molar-refractivity contribution in [3.05, 3.63) is 24.3 Å². The fourth-order valence-electron chi connectivity index (χ4n) is 13.6. The van der Waals surface area contributed by atoms with Gasteiger partial charge in [-0.2, -0.15) is 0 Å². The molecule has 0 saturated heterocycles. The average Bonchev–Trinajstić information content (AvgIpc) is 3.75. The first-order valence-corrected chi connectivity index (χ1v) is 42.1. The van der Waals surface area contributed by atoms with E-state index in [9.17, 15) is 19.8 Å². The lowest BCUT2D eigenvalue weighted by Crippen LogP contribution is -2.45. The van der Waals surface area contributed by atoms with Gasteiger partial charge in [-0.3, -0.25) is 9.59 Å². The van der Waals surface area contributed by atoms with Crippen LogP contribution in [-0.4, -0.2) is 47.4 Å². The summed E-state index contributed by atoms with van der Waals surface area (Å²) < 4.78 is 5.52. The van der Waals surface area contributed by atoms with Gasteiger partial charge >= 0.3 is 5.97 Å². The summed E-state index contributed by atoms with van der Waals surface area (Å²) in [6.45, 7) is 4.97. The van der Waals surface area contributed by atoms with Gasteiger partial charge in [-0.15, -0.1) is 0 Å². The monoisotopic (exact) mass is 1280 g/mol. The second-order valence-electron chi connectivity index (χ2n) is 29.2. The van der Waals surface area contributed by atoms with Gasteiger partial charge in [-0.25, -0.2) is 0 Å². The van der Waals surface area contributed by atoms with E-state index in [-0.39, 0.29) is 18.5 Å². The van der Waals surface area contributed by atoms with E-state index in [4.69, 9.17) is 4.74 Å². The van der Waals surface area contributed by atoms with Crippen molar-refractivity contribution in [1.82, 2.24) is 5.32 Å². The van der Waals surface area contributed by atoms with Gasteiger partial charge in [-0.05, 0) is 57.8 Å². The van der Waals surface area contributed by atoms with Crippen LogP contribution in [0.4, 0.5) is 0 Å². The Kier molecular flexibility index (Phi) is 79.3. The normalized spacial score (nSPS) is 12.5. The Morgan fingerprint density at radius 2 is 0.516 bits per heavy atom. The highest BCUT2D eigenvalue weighted by atomic mass is 16.5. The van der Waals surface area contributed by atoms with Crippen molar-refractivity contribution >= 4 is 11.9 Å². The summed E-state index contributed by atoms with van der Waals surface area (Å²) in [5.41, 5.74) is 0. The summed E-state index contributed by atoms with van der Waals surface area (Å²) in [5.74, 6) is -0.0339. The zero-order valence-electron chi connectivity index (χ0n) is 62.1. The number of aliphatic hydroxyl groups is 2. The third-order valence-electron chi connectivity index (χ3n) is 20.0. The Balaban J connectivity index is 3.35. The fourth-order valence-corrected chi connectivity index (χ4v) is 13.6. The number of carbonyl (C=O) groups excluding carboxylic acids is 2. The van der Waals surface area contributed by atoms with E-state index in [1.807, 2.05) is 6.08 Å². The van der Waals surface area contributed by atoms with Gasteiger partial charge in [0, 0.05) is 12.8 Å². The summed E-state index contributed by atoms with van der Waals surface area (Å²) in [7, 11) is 0. The SMILES string of the molecule is CCCCCCCCCCCCCCCCCCCCCC/C=C/C(O)C(CO)NC(=O)CCCCCCCCCCCCCCCCCCC/C=C\CCCCCCCCCCCCCCCCOC(=O)CCCCCCCCCCCCCCCCCCC. The molecule has 1 amide bonds. The highest BCUT2D eigenvalue weighted by Crippen LogP contribution is 2.20. The van der Waals surface area contributed by atoms with Crippen molar-refractivity contribution in [3.63, 3.8) is 0 Å². The van der Waals surface area contributed by atoms with E-state index >= 15 is 0 Å². The Hall–Kier alpha value is -1.66. The highest BCUT2D eigenvalue weighted by molar-refractivity contribution is 5.76. The maximum Gasteiger partial charge on any atom is 0.305 e. The molecule has 0 spiro atoms. The molecule has 6 heteroatoms. The van der Waals surface area contributed by atoms with Crippen molar-refractivity contribution in [2.45, 2.75) is 495 Å². The summed E-state index contributed by atoms with van der Waals surface area (Å²) in [6, 6.07) is -0.626. The lowest BCUT2D eigenvalue weighted by Gasteiger charge is -2.20. The molecule has 540 valence electrons. The lowest BCUT2D eigenvalue weighted by molar-refractivity contribution is -0.143. The zero-order chi connectivity index (χ0) is 65.6. The number of aliphatic hydroxyl groups excluding tert-OH is 2. The summed E-state index contributed by atoms with van der Waals surface area (Å²) in [4.78, 5) is 24.7. The number of esters is 1. The van der Waals surface area contributed by atoms with Crippen LogP contribution in [0.15, 0.2) is 24.3 Å². The molecule has 0 aromatic carbocycles. The molecule has 0 heterocycles. The molecule has 91 heavy (non-hydrogen) atoms. The van der Waals surface area contributed by atoms with Gasteiger partial charge in [0.05, 0.1) is 25.4 Å². The molecule has 0 aliphatic heterocycles. The Bertz CT molecular complexity index is 1430. The Morgan fingerprint density at radius 1 is 0.297 bits per heavy atom. The van der Waals surface area contributed by atoms with Crippen LogP contribution in [0.2, 0.25) is 0 Å². The maximum atomic E-state index is 12.6. The van der Waals surface area contributed by atoms with Gasteiger partial charge < -0.3 is 20.3 Å². The van der Waals surface area contributed by atoms with Gasteiger partial charge in [-0.1, -0.05) is 436 Å². The lowest BCUT2D eigenvalue weighted by atomic mass is 10.0. The molecule has 0 aromatic heterocycles. The molecule has 0 radical (unpaired) electrons. The number of carbonyl (C=O) groups is 2. The molecule has 0 bridgehead atoms. The number of unbranched alkanes of at least 4 members (excludes halogenated alkanes) is 67. The van der Waals surface area contributed by atoms with Crippen LogP contribution in [-0.2, 0) is 14.3 Å². The number of allylic oxidation sites excluding steroid dienone is 3. The Morgan fingerprint density at radius 3 is 0.780 bits per heavy atom. The third-order valence-corrected chi connectivity index (χ3v) is 20.0. The first-order chi connectivity index (χ1) is 45.0. The number of hydrogen-bond donors (Lipinski definition) is 3. The molecule has 0 fully saturated rings. The van der Waals surface area contributed by atoms with Crippen molar-refractivity contribution in [2.24, 2.45) is 0 Å². The number of ether oxygens (including phenoxy) is 1. The van der Waals surface area contributed by atoms with E-state index in [1.165, 1.54) is 417 Å². The minimum absolute atomic E-state index is 0.0251. The van der Waals surface area contributed by atoms with Crippen molar-refractivity contribution in [2.75, 3.05) is 13.2 Å². The van der Waals surface area contributed by atoms with Crippen molar-refractivity contribution < 1.29 is 24.5 Å². The summed E-state index contributed by atoms with van der Waals surface area (Å²) >= 11 is 0. The van der Waals surface area contributed by atoms with E-state index in [1.54, 1.807) is 6.08 Å². The van der Waals surface area contributed by atoms with Crippen molar-refractivity contribution in [3.8, 4) is 0 Å². The Labute approximate surface area is 571 Å². The first kappa shape index (κ1) is 89.3. The second-order valence-corrected chi connectivity index (χ2v) is 29.2. The second kappa shape index (κ2) is 80.8. The molecule has 2 atom stereocenters. The average molecular weight is 1280 g/mol. The minimum Gasteiger partial charge on any atom is -0.466 e. The van der Waals surface area contributed by atoms with Crippen LogP contribution >= 0.6 is 0 Å². The predicted molar refractivity (Wildman–Crippen MR) is 403 cm³/mol. The molecule has 0 aromatic rings. The molecule has 0 aliphatic carbocycles. The molecular formula is C85H165NO5. The van der Waals surface area contributed by atoms with E-state index in [2.05, 4.69) is 31.3 Å². The van der Waals surface area contributed by atoms with Crippen LogP contribution in [0.25, 0.3) is 0 Å². The molecule has 0 rings (SSSR count). The largest absolute Gasteiger partial charge is 0.466 e. The number of amides is 1. The molecule has 0 saturated carbocycles. The maximum absolute atomic E-state index is 12.6. The first-order valence-electron chi connectivity index (χ1n) is 42.1. The summed E-state index contributed by atoms with van der Waals surface area (Å²) in [6.07, 6.45) is 105. The van der Waals surface area contributed by atoms with Crippen LogP contribution in [0, 0.1) is 0 Å². The van der Waals surface area contributed by atoms with Gasteiger partial charge in [0.2, 0.25) is 5.91 Å². The van der Waals surface area contributed by atoms with Crippen LogP contribution in [0.1, 0.15) is 483 Å². The smallest absolute Gasteiger partial charge is 0.305 e. The van der Waals surface area contributed by atoms with Crippen LogP contribution < -0.4 is 5.32 Å². The van der Waals surface area contributed by atoms with Gasteiger partial charge in [0.15, 0.2) is 0 Å². The topological polar surface area (TPSA) is 95.9 Å². The van der Waals surface area contributed by atoms with E-state index in [0.29, 0.717) is 19.4 Å². The van der Waals surface area contributed by atoms with E-state index < -0.39 is 12.1 Å². The van der Waals surface area contributed by atoms with Crippen molar-refractivity contribution in [1.29, 1.82) is 0 Å². The predicted octanol–water partition coefficient (Wildman–Crippen LogP) is 28.0. The van der Waals surface area contributed by atoms with Crippen LogP contribution in [0.5, 0.6) is 0 Å². The number of rotatable bonds is 80. The standard InChI is InChI=1S/C85H165NO5/c1-3-5-7-9-11-13-15-17-19-21-22-23-39-42-46-49-53-57-61-65-69-73-77-83(88)82(81-87)86-84(89)78-74-70-66-62-58-54-50-47-43-40-37-35-33-31-29-27-25-24-26-28-30-32-34-36-38-41-44-48-52-56-60-64-68-72-76-80-91-85(90)79-75-71-67-63-59-55-51-45-20-18-16-14-12-10-8-6-4-2/h26,28,73,77,82-83,87-88H,3-25,27,29-72,74-76,78-81H2,1-2H3,(H,86,89)/b28-26-,77-73+.